The molecule has 9 heteroatoms. The SMILES string of the molecule is CC(C)C(N)c1noc(-c2c(F)ccc([N+](=O)[O-])c2F)n1. The fraction of sp³-hybridized carbons (Fsp3) is 0.333. The molecule has 0 bridgehead atoms. The van der Waals surface area contributed by atoms with Gasteiger partial charge in [0.15, 0.2) is 5.82 Å². The lowest BCUT2D eigenvalue weighted by molar-refractivity contribution is -0.387. The van der Waals surface area contributed by atoms with E-state index < -0.39 is 39.7 Å². The van der Waals surface area contributed by atoms with Gasteiger partial charge in [-0.2, -0.15) is 9.37 Å². The average Bonchev–Trinajstić information content (AvgIpc) is 2.86. The van der Waals surface area contributed by atoms with Crippen molar-refractivity contribution in [1.82, 2.24) is 10.1 Å². The van der Waals surface area contributed by atoms with Crippen molar-refractivity contribution in [3.05, 3.63) is 39.7 Å². The Balaban J connectivity index is 2.52. The molecule has 1 aromatic carbocycles. The number of halogens is 2. The molecule has 0 aliphatic carbocycles. The fourth-order valence-corrected chi connectivity index (χ4v) is 1.65. The number of benzene rings is 1. The topological polar surface area (TPSA) is 108 Å². The van der Waals surface area contributed by atoms with Crippen LogP contribution in [0.1, 0.15) is 25.7 Å². The normalized spacial score (nSPS) is 12.7. The third kappa shape index (κ3) is 2.72. The smallest absolute Gasteiger partial charge is 0.305 e. The molecule has 1 unspecified atom stereocenters. The van der Waals surface area contributed by atoms with Gasteiger partial charge in [-0.3, -0.25) is 10.1 Å². The second-order valence-electron chi connectivity index (χ2n) is 4.74. The molecule has 1 atom stereocenters. The monoisotopic (exact) mass is 298 g/mol. The van der Waals surface area contributed by atoms with Crippen molar-refractivity contribution >= 4 is 5.69 Å². The van der Waals surface area contributed by atoms with E-state index in [1.807, 2.05) is 13.8 Å². The van der Waals surface area contributed by atoms with Crippen LogP contribution in [-0.2, 0) is 0 Å². The van der Waals surface area contributed by atoms with Crippen LogP contribution in [0.25, 0.3) is 11.5 Å². The van der Waals surface area contributed by atoms with Crippen LogP contribution in [0.15, 0.2) is 16.7 Å². The lowest BCUT2D eigenvalue weighted by Crippen LogP contribution is -2.18. The lowest BCUT2D eigenvalue weighted by atomic mass is 10.1. The summed E-state index contributed by atoms with van der Waals surface area (Å²) in [5.74, 6) is -2.83. The Morgan fingerprint density at radius 3 is 2.62 bits per heavy atom. The number of rotatable bonds is 4. The first-order valence-electron chi connectivity index (χ1n) is 6.04. The molecule has 0 fully saturated rings. The van der Waals surface area contributed by atoms with Crippen molar-refractivity contribution in [2.75, 3.05) is 0 Å². The van der Waals surface area contributed by atoms with E-state index in [1.54, 1.807) is 0 Å². The van der Waals surface area contributed by atoms with Crippen LogP contribution in [0.4, 0.5) is 14.5 Å². The maximum absolute atomic E-state index is 14.0. The quantitative estimate of drug-likeness (QED) is 0.686. The van der Waals surface area contributed by atoms with E-state index in [1.165, 1.54) is 0 Å². The van der Waals surface area contributed by atoms with Crippen molar-refractivity contribution < 1.29 is 18.2 Å². The molecule has 1 aromatic heterocycles. The van der Waals surface area contributed by atoms with Gasteiger partial charge in [-0.05, 0) is 12.0 Å². The van der Waals surface area contributed by atoms with Gasteiger partial charge in [0.05, 0.1) is 11.0 Å². The summed E-state index contributed by atoms with van der Waals surface area (Å²) in [5.41, 5.74) is 4.19. The lowest BCUT2D eigenvalue weighted by Gasteiger charge is -2.09. The van der Waals surface area contributed by atoms with Gasteiger partial charge in [-0.25, -0.2) is 4.39 Å². The zero-order chi connectivity index (χ0) is 15.7. The van der Waals surface area contributed by atoms with Crippen molar-refractivity contribution in [1.29, 1.82) is 0 Å². The minimum absolute atomic E-state index is 0.0183. The summed E-state index contributed by atoms with van der Waals surface area (Å²) in [4.78, 5) is 13.5. The number of nitro groups is 1. The third-order valence-electron chi connectivity index (χ3n) is 2.94. The highest BCUT2D eigenvalue weighted by Gasteiger charge is 2.27. The number of nitrogens with two attached hydrogens (primary N) is 1. The molecule has 0 amide bonds. The molecular weight excluding hydrogens is 286 g/mol. The van der Waals surface area contributed by atoms with Crippen LogP contribution in [0.2, 0.25) is 0 Å². The Morgan fingerprint density at radius 1 is 1.38 bits per heavy atom. The highest BCUT2D eigenvalue weighted by atomic mass is 19.1. The van der Waals surface area contributed by atoms with Gasteiger partial charge in [0.1, 0.15) is 11.4 Å². The molecule has 0 saturated carbocycles. The van der Waals surface area contributed by atoms with Crippen LogP contribution in [0.3, 0.4) is 0 Å². The minimum Gasteiger partial charge on any atom is -0.334 e. The van der Waals surface area contributed by atoms with Crippen LogP contribution < -0.4 is 5.73 Å². The largest absolute Gasteiger partial charge is 0.334 e. The maximum atomic E-state index is 14.0. The summed E-state index contributed by atoms with van der Waals surface area (Å²) in [5, 5.41) is 14.2. The summed E-state index contributed by atoms with van der Waals surface area (Å²) in [6.07, 6.45) is 0. The van der Waals surface area contributed by atoms with Gasteiger partial charge in [0, 0.05) is 6.07 Å². The second-order valence-corrected chi connectivity index (χ2v) is 4.74. The summed E-state index contributed by atoms with van der Waals surface area (Å²) < 4.78 is 32.5. The number of aromatic nitrogens is 2. The van der Waals surface area contributed by atoms with Gasteiger partial charge in [0.2, 0.25) is 5.82 Å². The van der Waals surface area contributed by atoms with Crippen molar-refractivity contribution in [2.24, 2.45) is 11.7 Å². The van der Waals surface area contributed by atoms with Crippen molar-refractivity contribution in [2.45, 2.75) is 19.9 Å². The van der Waals surface area contributed by atoms with E-state index in [2.05, 4.69) is 10.1 Å². The standard InChI is InChI=1S/C12H12F2N4O3/c1-5(2)10(15)11-16-12(21-17-11)8-6(13)3-4-7(9(8)14)18(19)20/h3-5,10H,15H2,1-2H3. The molecule has 0 saturated heterocycles. The van der Waals surface area contributed by atoms with Crippen molar-refractivity contribution in [3.63, 3.8) is 0 Å². The summed E-state index contributed by atoms with van der Waals surface area (Å²) >= 11 is 0. The zero-order valence-electron chi connectivity index (χ0n) is 11.2. The summed E-state index contributed by atoms with van der Waals surface area (Å²) in [7, 11) is 0. The molecule has 21 heavy (non-hydrogen) atoms. The Bertz CT molecular complexity index is 687. The first-order valence-corrected chi connectivity index (χ1v) is 6.04. The van der Waals surface area contributed by atoms with Gasteiger partial charge >= 0.3 is 5.69 Å². The molecule has 0 radical (unpaired) electrons. The van der Waals surface area contributed by atoms with E-state index in [9.17, 15) is 18.9 Å². The third-order valence-corrected chi connectivity index (χ3v) is 2.94. The number of hydrogen-bond donors (Lipinski definition) is 1. The molecular formula is C12H12F2N4O3. The highest BCUT2D eigenvalue weighted by Crippen LogP contribution is 2.31. The average molecular weight is 298 g/mol. The molecule has 0 spiro atoms. The Morgan fingerprint density at radius 2 is 2.05 bits per heavy atom. The van der Waals surface area contributed by atoms with Crippen LogP contribution >= 0.6 is 0 Å². The number of nitro benzene ring substituents is 1. The van der Waals surface area contributed by atoms with Gasteiger partial charge in [-0.15, -0.1) is 0 Å². The van der Waals surface area contributed by atoms with E-state index in [0.29, 0.717) is 0 Å². The number of nitrogens with zero attached hydrogens (tertiary/aromatic N) is 3. The fourth-order valence-electron chi connectivity index (χ4n) is 1.65. The first-order chi connectivity index (χ1) is 9.82. The molecule has 2 aromatic rings. The van der Waals surface area contributed by atoms with Gasteiger partial charge in [0.25, 0.3) is 5.89 Å². The van der Waals surface area contributed by atoms with E-state index in [-0.39, 0.29) is 11.7 Å². The summed E-state index contributed by atoms with van der Waals surface area (Å²) in [6, 6.07) is 0.918. The molecule has 0 aliphatic heterocycles. The molecule has 2 rings (SSSR count). The van der Waals surface area contributed by atoms with Crippen molar-refractivity contribution in [3.8, 4) is 11.5 Å². The highest BCUT2D eigenvalue weighted by molar-refractivity contribution is 5.60. The summed E-state index contributed by atoms with van der Waals surface area (Å²) in [6.45, 7) is 3.63. The predicted octanol–water partition coefficient (Wildman–Crippen LogP) is 2.58. The predicted molar refractivity (Wildman–Crippen MR) is 68.1 cm³/mol. The van der Waals surface area contributed by atoms with Crippen LogP contribution in [-0.4, -0.2) is 15.1 Å². The Kier molecular flexibility index (Phi) is 3.94. The van der Waals surface area contributed by atoms with Gasteiger partial charge < -0.3 is 10.3 Å². The minimum atomic E-state index is -1.37. The molecule has 7 nitrogen and oxygen atoms in total. The second kappa shape index (κ2) is 5.52. The molecule has 112 valence electrons. The zero-order valence-corrected chi connectivity index (χ0v) is 11.2. The van der Waals surface area contributed by atoms with E-state index in [4.69, 9.17) is 10.3 Å². The van der Waals surface area contributed by atoms with E-state index >= 15 is 0 Å². The Hall–Kier alpha value is -2.42. The molecule has 1 heterocycles. The van der Waals surface area contributed by atoms with Crippen LogP contribution in [0.5, 0.6) is 0 Å². The molecule has 2 N–H and O–H groups in total. The first kappa shape index (κ1) is 15.0. The Labute approximate surface area is 117 Å². The van der Waals surface area contributed by atoms with Crippen LogP contribution in [0, 0.1) is 27.7 Å². The number of hydrogen-bond acceptors (Lipinski definition) is 6. The molecule has 0 aliphatic rings. The van der Waals surface area contributed by atoms with E-state index in [0.717, 1.165) is 12.1 Å². The maximum Gasteiger partial charge on any atom is 0.305 e. The van der Waals surface area contributed by atoms with Gasteiger partial charge in [-0.1, -0.05) is 19.0 Å².